The third kappa shape index (κ3) is 0.922. The molecule has 0 amide bonds. The van der Waals surface area contributed by atoms with Crippen molar-refractivity contribution in [1.82, 2.24) is 9.88 Å². The highest BCUT2D eigenvalue weighted by Crippen LogP contribution is 2.34. The topological polar surface area (TPSA) is 49.5 Å². The summed E-state index contributed by atoms with van der Waals surface area (Å²) in [5.41, 5.74) is 0.640. The van der Waals surface area contributed by atoms with Crippen LogP contribution in [0, 0.1) is 0 Å². The molecule has 0 saturated heterocycles. The molecule has 1 aliphatic heterocycles. The molecule has 2 N–H and O–H groups in total. The lowest BCUT2D eigenvalue weighted by Gasteiger charge is -2.15. The minimum atomic E-state index is -0.744. The molecular weight excluding hydrogens is 178 g/mol. The van der Waals surface area contributed by atoms with Crippen LogP contribution in [0.1, 0.15) is 11.8 Å². The van der Waals surface area contributed by atoms with E-state index < -0.39 is 6.23 Å². The minimum Gasteiger partial charge on any atom is -0.369 e. The molecule has 0 spiro atoms. The second kappa shape index (κ2) is 2.50. The summed E-state index contributed by atoms with van der Waals surface area (Å²) >= 11 is 5.86. The lowest BCUT2D eigenvalue weighted by atomic mass is 10.2. The van der Waals surface area contributed by atoms with Crippen molar-refractivity contribution in [1.29, 1.82) is 0 Å². The van der Waals surface area contributed by atoms with Crippen LogP contribution in [0.3, 0.4) is 0 Å². The molecule has 1 aromatic heterocycles. The highest BCUT2D eigenvalue weighted by atomic mass is 35.5. The minimum absolute atomic E-state index is 0.532. The van der Waals surface area contributed by atoms with Crippen LogP contribution in [0.4, 0.5) is 5.82 Å². The Labute approximate surface area is 74.5 Å². The Morgan fingerprint density at radius 3 is 3.17 bits per heavy atom. The molecule has 1 aliphatic rings. The predicted molar refractivity (Wildman–Crippen MR) is 46.7 cm³/mol. The molecule has 0 radical (unpaired) electrons. The van der Waals surface area contributed by atoms with E-state index in [2.05, 4.69) is 10.3 Å². The van der Waals surface area contributed by atoms with Crippen molar-refractivity contribution >= 4 is 23.8 Å². The number of aliphatic hydroxyl groups is 1. The lowest BCUT2D eigenvalue weighted by Crippen LogP contribution is -2.21. The fraction of sp³-hybridized carbons (Fsp3) is 0.286. The van der Waals surface area contributed by atoms with Crippen molar-refractivity contribution in [2.45, 2.75) is 6.23 Å². The maximum absolute atomic E-state index is 9.46. The van der Waals surface area contributed by atoms with Crippen LogP contribution in [0.5, 0.6) is 0 Å². The first-order valence-electron chi connectivity index (χ1n) is 3.51. The van der Waals surface area contributed by atoms with Crippen LogP contribution in [-0.2, 0) is 7.05 Å². The number of halogens is 1. The maximum atomic E-state index is 9.46. The van der Waals surface area contributed by atoms with Gasteiger partial charge in [0, 0.05) is 13.2 Å². The maximum Gasteiger partial charge on any atom is 0.156 e. The molecule has 0 aliphatic carbocycles. The predicted octanol–water partition coefficient (Wildman–Crippen LogP) is 0.932. The zero-order chi connectivity index (χ0) is 8.72. The van der Waals surface area contributed by atoms with E-state index in [1.807, 2.05) is 7.05 Å². The lowest BCUT2D eigenvalue weighted by molar-refractivity contribution is 0.163. The number of nitrogens with zero attached hydrogens (tertiary/aromatic N) is 2. The molecule has 1 atom stereocenters. The van der Waals surface area contributed by atoms with Gasteiger partial charge in [0.15, 0.2) is 6.23 Å². The van der Waals surface area contributed by atoms with Gasteiger partial charge in [0.25, 0.3) is 0 Å². The summed E-state index contributed by atoms with van der Waals surface area (Å²) < 4.78 is 1.78. The third-order valence-electron chi connectivity index (χ3n) is 1.83. The number of nitrogens with one attached hydrogen (secondary N) is 1. The number of aromatic nitrogens is 1. The third-order valence-corrected chi connectivity index (χ3v) is 2.13. The summed E-state index contributed by atoms with van der Waals surface area (Å²) in [5.74, 6) is 0.700. The van der Waals surface area contributed by atoms with Gasteiger partial charge >= 0.3 is 0 Å². The van der Waals surface area contributed by atoms with E-state index in [1.165, 1.54) is 6.34 Å². The summed E-state index contributed by atoms with van der Waals surface area (Å²) in [4.78, 5) is 4.05. The fourth-order valence-electron chi connectivity index (χ4n) is 1.26. The van der Waals surface area contributed by atoms with Gasteiger partial charge < -0.3 is 15.0 Å². The zero-order valence-electron chi connectivity index (χ0n) is 6.45. The number of fused-ring (bicyclic) bond motifs is 1. The molecule has 2 heterocycles. The number of aliphatic imine (C=N–C) groups is 1. The standard InChI is InChI=1S/C7H8ClN3O/c1-11-2-4(8)5-6(11)9-3-10-7(5)12/h2-3,7,12H,1H3,(H,9,10). The monoisotopic (exact) mass is 185 g/mol. The van der Waals surface area contributed by atoms with E-state index in [-0.39, 0.29) is 0 Å². The molecule has 5 heteroatoms. The Morgan fingerprint density at radius 2 is 2.50 bits per heavy atom. The van der Waals surface area contributed by atoms with Crippen LogP contribution < -0.4 is 5.32 Å². The van der Waals surface area contributed by atoms with Gasteiger partial charge in [-0.1, -0.05) is 11.6 Å². The van der Waals surface area contributed by atoms with E-state index >= 15 is 0 Å². The first kappa shape index (κ1) is 7.64. The average molecular weight is 186 g/mol. The fourth-order valence-corrected chi connectivity index (χ4v) is 1.60. The molecule has 1 unspecified atom stereocenters. The summed E-state index contributed by atoms with van der Waals surface area (Å²) in [6.07, 6.45) is 2.44. The first-order valence-corrected chi connectivity index (χ1v) is 3.89. The van der Waals surface area contributed by atoms with E-state index in [9.17, 15) is 5.11 Å². The quantitative estimate of drug-likeness (QED) is 0.632. The average Bonchev–Trinajstić information content (AvgIpc) is 2.29. The van der Waals surface area contributed by atoms with Gasteiger partial charge in [-0.15, -0.1) is 0 Å². The number of aliphatic hydroxyl groups excluding tert-OH is 1. The number of aryl methyl sites for hydroxylation is 1. The van der Waals surface area contributed by atoms with Crippen LogP contribution in [0.15, 0.2) is 11.2 Å². The first-order chi connectivity index (χ1) is 5.70. The van der Waals surface area contributed by atoms with Gasteiger partial charge in [-0.2, -0.15) is 0 Å². The van der Waals surface area contributed by atoms with Crippen LogP contribution in [0.25, 0.3) is 0 Å². The van der Waals surface area contributed by atoms with Gasteiger partial charge in [-0.25, -0.2) is 4.99 Å². The van der Waals surface area contributed by atoms with E-state index in [0.717, 1.165) is 0 Å². The Kier molecular flexibility index (Phi) is 1.59. The van der Waals surface area contributed by atoms with Crippen molar-refractivity contribution in [3.05, 3.63) is 16.8 Å². The molecule has 0 fully saturated rings. The summed E-state index contributed by atoms with van der Waals surface area (Å²) in [6, 6.07) is 0. The van der Waals surface area contributed by atoms with E-state index in [0.29, 0.717) is 16.4 Å². The SMILES string of the molecule is Cn1cc(Cl)c2c1N=CNC2O. The Hall–Kier alpha value is -1.00. The molecule has 12 heavy (non-hydrogen) atoms. The number of hydrogen-bond donors (Lipinski definition) is 2. The van der Waals surface area contributed by atoms with E-state index in [4.69, 9.17) is 11.6 Å². The van der Waals surface area contributed by atoms with Gasteiger partial charge in [0.05, 0.1) is 16.9 Å². The molecule has 0 aromatic carbocycles. The van der Waals surface area contributed by atoms with Crippen molar-refractivity contribution in [2.24, 2.45) is 12.0 Å². The van der Waals surface area contributed by atoms with Crippen molar-refractivity contribution in [3.63, 3.8) is 0 Å². The normalized spacial score (nSPS) is 20.4. The van der Waals surface area contributed by atoms with Gasteiger partial charge in [-0.3, -0.25) is 0 Å². The van der Waals surface area contributed by atoms with Crippen LogP contribution in [0.2, 0.25) is 5.02 Å². The molecule has 2 rings (SSSR count). The highest BCUT2D eigenvalue weighted by molar-refractivity contribution is 6.31. The smallest absolute Gasteiger partial charge is 0.156 e. The molecule has 0 bridgehead atoms. The van der Waals surface area contributed by atoms with Crippen molar-refractivity contribution in [3.8, 4) is 0 Å². The highest BCUT2D eigenvalue weighted by Gasteiger charge is 2.21. The summed E-state index contributed by atoms with van der Waals surface area (Å²) in [6.45, 7) is 0. The number of rotatable bonds is 0. The second-order valence-corrected chi connectivity index (χ2v) is 3.06. The molecule has 4 nitrogen and oxygen atoms in total. The largest absolute Gasteiger partial charge is 0.369 e. The molecular formula is C7H8ClN3O. The Morgan fingerprint density at radius 1 is 1.75 bits per heavy atom. The second-order valence-electron chi connectivity index (χ2n) is 2.65. The molecule has 0 saturated carbocycles. The summed E-state index contributed by atoms with van der Waals surface area (Å²) in [7, 11) is 1.83. The van der Waals surface area contributed by atoms with Gasteiger partial charge in [0.1, 0.15) is 5.82 Å². The van der Waals surface area contributed by atoms with Crippen LogP contribution in [-0.4, -0.2) is 16.0 Å². The van der Waals surface area contributed by atoms with Crippen molar-refractivity contribution in [2.75, 3.05) is 0 Å². The van der Waals surface area contributed by atoms with E-state index in [1.54, 1.807) is 10.8 Å². The Balaban J connectivity index is 2.64. The van der Waals surface area contributed by atoms with Crippen molar-refractivity contribution < 1.29 is 5.11 Å². The molecule has 1 aromatic rings. The van der Waals surface area contributed by atoms with Gasteiger partial charge in [-0.05, 0) is 0 Å². The summed E-state index contributed by atoms with van der Waals surface area (Å²) in [5, 5.41) is 12.6. The molecule has 64 valence electrons. The van der Waals surface area contributed by atoms with Crippen LogP contribution >= 0.6 is 11.6 Å². The zero-order valence-corrected chi connectivity index (χ0v) is 7.21. The van der Waals surface area contributed by atoms with Gasteiger partial charge in [0.2, 0.25) is 0 Å². The number of hydrogen-bond acceptors (Lipinski definition) is 3. The Bertz CT molecular complexity index is 345.